The Labute approximate surface area is 107 Å². The van der Waals surface area contributed by atoms with Gasteiger partial charge < -0.3 is 11.1 Å². The molecule has 0 radical (unpaired) electrons. The Bertz CT molecular complexity index is 524. The summed E-state index contributed by atoms with van der Waals surface area (Å²) in [6, 6.07) is 5.47. The van der Waals surface area contributed by atoms with Gasteiger partial charge in [0.2, 0.25) is 0 Å². The van der Waals surface area contributed by atoms with Crippen molar-refractivity contribution in [3.05, 3.63) is 33.9 Å². The minimum atomic E-state index is 0.592. The number of hydrogen-bond donors (Lipinski definition) is 2. The van der Waals surface area contributed by atoms with E-state index in [1.165, 1.54) is 0 Å². The van der Waals surface area contributed by atoms with Crippen molar-refractivity contribution in [2.45, 2.75) is 0 Å². The summed E-state index contributed by atoms with van der Waals surface area (Å²) >= 11 is 9.33. The summed E-state index contributed by atoms with van der Waals surface area (Å²) in [5.74, 6) is 0.616. The summed E-state index contributed by atoms with van der Waals surface area (Å²) in [6.45, 7) is 0. The van der Waals surface area contributed by atoms with Crippen LogP contribution in [0.15, 0.2) is 28.9 Å². The Balaban J connectivity index is 2.33. The fraction of sp³-hybridized carbons (Fsp3) is 0.100. The van der Waals surface area contributed by atoms with Crippen LogP contribution in [0.2, 0.25) is 5.02 Å². The molecule has 0 saturated heterocycles. The largest absolute Gasteiger partial charge is 0.394 e. The fourth-order valence-corrected chi connectivity index (χ4v) is 1.84. The molecule has 84 valence electrons. The number of rotatable bonds is 2. The van der Waals surface area contributed by atoms with Crippen LogP contribution < -0.4 is 11.1 Å². The van der Waals surface area contributed by atoms with Gasteiger partial charge in [0.1, 0.15) is 0 Å². The average molecular weight is 302 g/mol. The van der Waals surface area contributed by atoms with Crippen LogP contribution in [0, 0.1) is 0 Å². The molecule has 0 aliphatic heterocycles. The van der Waals surface area contributed by atoms with E-state index in [1.807, 2.05) is 13.1 Å². The van der Waals surface area contributed by atoms with Gasteiger partial charge in [0.25, 0.3) is 0 Å². The Morgan fingerprint density at radius 3 is 2.88 bits per heavy atom. The maximum absolute atomic E-state index is 5.91. The van der Waals surface area contributed by atoms with Crippen LogP contribution in [0.3, 0.4) is 0 Å². The van der Waals surface area contributed by atoms with Gasteiger partial charge in [0.05, 0.1) is 11.4 Å². The lowest BCUT2D eigenvalue weighted by atomic mass is 10.3. The Kier molecular flexibility index (Phi) is 3.07. The predicted molar refractivity (Wildman–Crippen MR) is 70.1 cm³/mol. The van der Waals surface area contributed by atoms with Crippen molar-refractivity contribution in [2.75, 3.05) is 11.1 Å². The summed E-state index contributed by atoms with van der Waals surface area (Å²) in [4.78, 5) is 0. The van der Waals surface area contributed by atoms with E-state index in [0.29, 0.717) is 16.5 Å². The fourth-order valence-electron chi connectivity index (χ4n) is 1.32. The van der Waals surface area contributed by atoms with Crippen molar-refractivity contribution < 1.29 is 0 Å². The number of nitrogens with zero attached hydrogens (tertiary/aromatic N) is 2. The number of aryl methyl sites for hydroxylation is 1. The number of aromatic nitrogens is 2. The zero-order valence-corrected chi connectivity index (χ0v) is 10.9. The topological polar surface area (TPSA) is 55.9 Å². The van der Waals surface area contributed by atoms with Gasteiger partial charge in [0.15, 0.2) is 5.82 Å². The van der Waals surface area contributed by atoms with Gasteiger partial charge in [0, 0.05) is 22.7 Å². The first-order valence-electron chi connectivity index (χ1n) is 4.57. The molecule has 0 spiro atoms. The van der Waals surface area contributed by atoms with Gasteiger partial charge in [-0.15, -0.1) is 0 Å². The van der Waals surface area contributed by atoms with E-state index in [9.17, 15) is 0 Å². The molecular weight excluding hydrogens is 291 g/mol. The second-order valence-corrected chi connectivity index (χ2v) is 4.65. The molecule has 1 heterocycles. The first kappa shape index (κ1) is 11.3. The van der Waals surface area contributed by atoms with Gasteiger partial charge in [-0.25, -0.2) is 0 Å². The molecule has 16 heavy (non-hydrogen) atoms. The number of nitrogens with two attached hydrogens (primary N) is 1. The van der Waals surface area contributed by atoms with E-state index >= 15 is 0 Å². The van der Waals surface area contributed by atoms with Crippen molar-refractivity contribution in [3.8, 4) is 0 Å². The van der Waals surface area contributed by atoms with Crippen LogP contribution in [0.1, 0.15) is 0 Å². The zero-order valence-electron chi connectivity index (χ0n) is 8.54. The molecule has 2 rings (SSSR count). The molecule has 0 aliphatic carbocycles. The molecule has 2 aromatic rings. The molecule has 0 fully saturated rings. The standard InChI is InChI=1S/C10H10BrClN4/c1-16-5-8(13)10(15-16)14-9-4-6(12)2-3-7(9)11/h2-5H,13H2,1H3,(H,14,15). The first-order valence-corrected chi connectivity index (χ1v) is 5.74. The minimum Gasteiger partial charge on any atom is -0.394 e. The van der Waals surface area contributed by atoms with Gasteiger partial charge in [-0.2, -0.15) is 5.10 Å². The lowest BCUT2D eigenvalue weighted by Gasteiger charge is -2.06. The van der Waals surface area contributed by atoms with Crippen LogP contribution in [0.25, 0.3) is 0 Å². The molecular formula is C10H10BrClN4. The lowest BCUT2D eigenvalue weighted by Crippen LogP contribution is -1.96. The molecule has 4 nitrogen and oxygen atoms in total. The van der Waals surface area contributed by atoms with Gasteiger partial charge >= 0.3 is 0 Å². The SMILES string of the molecule is Cn1cc(N)c(Nc2cc(Cl)ccc2Br)n1. The lowest BCUT2D eigenvalue weighted by molar-refractivity contribution is 0.771. The number of hydrogen-bond acceptors (Lipinski definition) is 3. The van der Waals surface area contributed by atoms with Crippen LogP contribution in [0.5, 0.6) is 0 Å². The molecule has 0 aliphatic rings. The third-order valence-corrected chi connectivity index (χ3v) is 2.97. The maximum atomic E-state index is 5.91. The van der Waals surface area contributed by atoms with Gasteiger partial charge in [-0.05, 0) is 34.1 Å². The first-order chi connectivity index (χ1) is 7.56. The van der Waals surface area contributed by atoms with E-state index in [4.69, 9.17) is 17.3 Å². The summed E-state index contributed by atoms with van der Waals surface area (Å²) in [7, 11) is 1.81. The van der Waals surface area contributed by atoms with E-state index in [-0.39, 0.29) is 0 Å². The second-order valence-electron chi connectivity index (χ2n) is 3.36. The Morgan fingerprint density at radius 2 is 2.25 bits per heavy atom. The van der Waals surface area contributed by atoms with Crippen molar-refractivity contribution in [1.82, 2.24) is 9.78 Å². The summed E-state index contributed by atoms with van der Waals surface area (Å²) in [5, 5.41) is 7.96. The third kappa shape index (κ3) is 2.31. The molecule has 3 N–H and O–H groups in total. The van der Waals surface area contributed by atoms with Crippen LogP contribution in [-0.2, 0) is 7.05 Å². The molecule has 6 heteroatoms. The van der Waals surface area contributed by atoms with E-state index < -0.39 is 0 Å². The number of nitrogens with one attached hydrogen (secondary N) is 1. The zero-order chi connectivity index (χ0) is 11.7. The van der Waals surface area contributed by atoms with Crippen molar-refractivity contribution in [2.24, 2.45) is 7.05 Å². The highest BCUT2D eigenvalue weighted by atomic mass is 79.9. The number of benzene rings is 1. The Morgan fingerprint density at radius 1 is 1.50 bits per heavy atom. The smallest absolute Gasteiger partial charge is 0.175 e. The average Bonchev–Trinajstić information content (AvgIpc) is 2.51. The van der Waals surface area contributed by atoms with Crippen LogP contribution in [0.4, 0.5) is 17.2 Å². The molecule has 0 bridgehead atoms. The van der Waals surface area contributed by atoms with Crippen LogP contribution >= 0.6 is 27.5 Å². The molecule has 1 aromatic heterocycles. The third-order valence-electron chi connectivity index (χ3n) is 2.04. The Hall–Kier alpha value is -1.20. The number of nitrogen functional groups attached to an aromatic ring is 1. The van der Waals surface area contributed by atoms with Gasteiger partial charge in [-0.1, -0.05) is 11.6 Å². The highest BCUT2D eigenvalue weighted by Crippen LogP contribution is 2.29. The number of halogens is 2. The van der Waals surface area contributed by atoms with Crippen molar-refractivity contribution in [3.63, 3.8) is 0 Å². The second kappa shape index (κ2) is 4.35. The molecule has 0 atom stereocenters. The quantitative estimate of drug-likeness (QED) is 0.896. The summed E-state index contributed by atoms with van der Waals surface area (Å²) < 4.78 is 2.55. The van der Waals surface area contributed by atoms with E-state index in [1.54, 1.807) is 23.0 Å². The number of anilines is 3. The normalized spacial score (nSPS) is 10.4. The summed E-state index contributed by atoms with van der Waals surface area (Å²) in [6.07, 6.45) is 1.74. The monoisotopic (exact) mass is 300 g/mol. The molecule has 1 aromatic carbocycles. The van der Waals surface area contributed by atoms with Crippen LogP contribution in [-0.4, -0.2) is 9.78 Å². The van der Waals surface area contributed by atoms with Crippen molar-refractivity contribution >= 4 is 44.7 Å². The maximum Gasteiger partial charge on any atom is 0.175 e. The molecule has 0 amide bonds. The summed E-state index contributed by atoms with van der Waals surface area (Å²) in [5.41, 5.74) is 7.21. The van der Waals surface area contributed by atoms with Gasteiger partial charge in [-0.3, -0.25) is 4.68 Å². The minimum absolute atomic E-state index is 0.592. The van der Waals surface area contributed by atoms with E-state index in [0.717, 1.165) is 10.2 Å². The molecule has 0 saturated carbocycles. The van der Waals surface area contributed by atoms with Crippen molar-refractivity contribution in [1.29, 1.82) is 0 Å². The molecule has 0 unspecified atom stereocenters. The van der Waals surface area contributed by atoms with E-state index in [2.05, 4.69) is 26.3 Å². The highest BCUT2D eigenvalue weighted by Gasteiger charge is 2.07. The predicted octanol–water partition coefficient (Wildman–Crippen LogP) is 3.16. The highest BCUT2D eigenvalue weighted by molar-refractivity contribution is 9.10.